The molecule has 1 aromatic carbocycles. The molecule has 4 fully saturated rings. The Balaban J connectivity index is 1.23. The van der Waals surface area contributed by atoms with Crippen molar-refractivity contribution in [3.63, 3.8) is 0 Å². The number of ether oxygens (including phenoxy) is 1. The summed E-state index contributed by atoms with van der Waals surface area (Å²) in [4.78, 5) is 12.2. The number of hydrogen-bond acceptors (Lipinski definition) is 2. The second-order valence-corrected chi connectivity index (χ2v) is 8.48. The van der Waals surface area contributed by atoms with E-state index < -0.39 is 6.61 Å². The van der Waals surface area contributed by atoms with Gasteiger partial charge in [-0.15, -0.1) is 0 Å². The summed E-state index contributed by atoms with van der Waals surface area (Å²) in [6.07, 6.45) is 8.00. The number of amides is 2. The number of rotatable bonds is 6. The van der Waals surface area contributed by atoms with Gasteiger partial charge in [-0.25, -0.2) is 4.79 Å². The number of hydrogen-bond donors (Lipinski definition) is 2. The summed E-state index contributed by atoms with van der Waals surface area (Å²) in [7, 11) is 0. The van der Waals surface area contributed by atoms with Crippen LogP contribution in [0.15, 0.2) is 24.3 Å². The molecule has 0 unspecified atom stereocenters. The van der Waals surface area contributed by atoms with Crippen molar-refractivity contribution in [2.75, 3.05) is 6.54 Å². The molecule has 0 radical (unpaired) electrons. The monoisotopic (exact) mass is 364 g/mol. The van der Waals surface area contributed by atoms with Crippen molar-refractivity contribution in [2.24, 2.45) is 23.2 Å². The van der Waals surface area contributed by atoms with Crippen LogP contribution in [0.25, 0.3) is 0 Å². The van der Waals surface area contributed by atoms with Crippen LogP contribution in [0.1, 0.15) is 44.1 Å². The number of nitrogens with one attached hydrogen (secondary N) is 2. The summed E-state index contributed by atoms with van der Waals surface area (Å²) >= 11 is 0. The van der Waals surface area contributed by atoms with Crippen LogP contribution in [0.5, 0.6) is 5.75 Å². The van der Waals surface area contributed by atoms with Gasteiger partial charge in [0.15, 0.2) is 0 Å². The van der Waals surface area contributed by atoms with Crippen LogP contribution in [-0.2, 0) is 6.54 Å². The van der Waals surface area contributed by atoms with Crippen LogP contribution in [0.3, 0.4) is 0 Å². The number of alkyl halides is 2. The van der Waals surface area contributed by atoms with Gasteiger partial charge in [-0.2, -0.15) is 8.78 Å². The van der Waals surface area contributed by atoms with E-state index in [1.54, 1.807) is 12.1 Å². The summed E-state index contributed by atoms with van der Waals surface area (Å²) in [5, 5.41) is 5.93. The Morgan fingerprint density at radius 1 is 1.04 bits per heavy atom. The molecule has 0 atom stereocenters. The predicted molar refractivity (Wildman–Crippen MR) is 93.9 cm³/mol. The highest BCUT2D eigenvalue weighted by Gasteiger charge is 2.50. The van der Waals surface area contributed by atoms with E-state index in [1.807, 2.05) is 0 Å². The second-order valence-electron chi connectivity index (χ2n) is 8.48. The fourth-order valence-electron chi connectivity index (χ4n) is 5.81. The molecule has 0 spiro atoms. The molecule has 4 bridgehead atoms. The number of halogens is 2. The third-order valence-electron chi connectivity index (χ3n) is 6.39. The number of urea groups is 1. The highest BCUT2D eigenvalue weighted by molar-refractivity contribution is 5.73. The zero-order valence-corrected chi connectivity index (χ0v) is 14.8. The standard InChI is InChI=1S/C20H26F2N2O2/c21-18(22)26-17-3-1-13(2-4-17)11-23-19(25)24-12-20-8-14-5-15(9-20)7-16(6-14)10-20/h1-4,14-16,18H,5-12H2,(H2,23,24,25). The maximum atomic E-state index is 12.2. The van der Waals surface area contributed by atoms with Crippen molar-refractivity contribution in [1.82, 2.24) is 10.6 Å². The van der Waals surface area contributed by atoms with Gasteiger partial charge in [-0.1, -0.05) is 12.1 Å². The van der Waals surface area contributed by atoms with E-state index in [0.29, 0.717) is 12.0 Å². The quantitative estimate of drug-likeness (QED) is 0.791. The largest absolute Gasteiger partial charge is 0.435 e. The molecule has 4 aliphatic carbocycles. The first-order valence-electron chi connectivity index (χ1n) is 9.55. The van der Waals surface area contributed by atoms with E-state index in [1.165, 1.54) is 50.7 Å². The molecule has 142 valence electrons. The Hall–Kier alpha value is -1.85. The minimum Gasteiger partial charge on any atom is -0.435 e. The Morgan fingerprint density at radius 3 is 2.15 bits per heavy atom. The van der Waals surface area contributed by atoms with Crippen molar-refractivity contribution >= 4 is 6.03 Å². The first kappa shape index (κ1) is 17.6. The molecule has 2 N–H and O–H groups in total. The van der Waals surface area contributed by atoms with Crippen LogP contribution in [0.4, 0.5) is 13.6 Å². The van der Waals surface area contributed by atoms with E-state index in [4.69, 9.17) is 0 Å². The summed E-state index contributed by atoms with van der Waals surface area (Å²) in [5.41, 5.74) is 1.16. The molecule has 26 heavy (non-hydrogen) atoms. The highest BCUT2D eigenvalue weighted by atomic mass is 19.3. The molecule has 4 saturated carbocycles. The normalized spacial score (nSPS) is 31.9. The van der Waals surface area contributed by atoms with E-state index in [0.717, 1.165) is 29.9 Å². The molecule has 6 heteroatoms. The summed E-state index contributed by atoms with van der Waals surface area (Å²) in [5.74, 6) is 2.75. The lowest BCUT2D eigenvalue weighted by atomic mass is 9.49. The van der Waals surface area contributed by atoms with Gasteiger partial charge in [-0.05, 0) is 79.4 Å². The molecule has 4 aliphatic rings. The van der Waals surface area contributed by atoms with Gasteiger partial charge in [0.1, 0.15) is 5.75 Å². The Labute approximate surface area is 152 Å². The topological polar surface area (TPSA) is 50.4 Å². The fraction of sp³-hybridized carbons (Fsp3) is 0.650. The first-order chi connectivity index (χ1) is 12.5. The van der Waals surface area contributed by atoms with E-state index in [-0.39, 0.29) is 11.8 Å². The van der Waals surface area contributed by atoms with Crippen molar-refractivity contribution in [3.8, 4) is 5.75 Å². The van der Waals surface area contributed by atoms with Crippen LogP contribution in [0.2, 0.25) is 0 Å². The van der Waals surface area contributed by atoms with Crippen molar-refractivity contribution in [3.05, 3.63) is 29.8 Å². The Kier molecular flexibility index (Phi) is 4.76. The van der Waals surface area contributed by atoms with E-state index in [9.17, 15) is 13.6 Å². The lowest BCUT2D eigenvalue weighted by Crippen LogP contribution is -2.52. The Bertz CT molecular complexity index is 612. The zero-order valence-electron chi connectivity index (χ0n) is 14.8. The molecule has 5 rings (SSSR count). The van der Waals surface area contributed by atoms with E-state index in [2.05, 4.69) is 15.4 Å². The van der Waals surface area contributed by atoms with Crippen LogP contribution >= 0.6 is 0 Å². The average Bonchev–Trinajstić information content (AvgIpc) is 2.58. The molecule has 2 amide bonds. The SMILES string of the molecule is O=C(NCc1ccc(OC(F)F)cc1)NCC12CC3CC(CC(C3)C1)C2. The van der Waals surface area contributed by atoms with Crippen molar-refractivity contribution in [1.29, 1.82) is 0 Å². The summed E-state index contributed by atoms with van der Waals surface area (Å²) in [6, 6.07) is 6.16. The molecule has 0 saturated heterocycles. The number of carbonyl (C=O) groups excluding carboxylic acids is 1. The lowest BCUT2D eigenvalue weighted by molar-refractivity contribution is -0.0501. The molecule has 1 aromatic rings. The van der Waals surface area contributed by atoms with Gasteiger partial charge in [-0.3, -0.25) is 0 Å². The summed E-state index contributed by atoms with van der Waals surface area (Å²) < 4.78 is 28.6. The molecule has 0 aliphatic heterocycles. The first-order valence-corrected chi connectivity index (χ1v) is 9.55. The molecule has 4 nitrogen and oxygen atoms in total. The van der Waals surface area contributed by atoms with Gasteiger partial charge in [0.2, 0.25) is 0 Å². The van der Waals surface area contributed by atoms with Gasteiger partial charge in [0, 0.05) is 13.1 Å². The zero-order chi connectivity index (χ0) is 18.1. The third-order valence-corrected chi connectivity index (χ3v) is 6.39. The Morgan fingerprint density at radius 2 is 1.62 bits per heavy atom. The van der Waals surface area contributed by atoms with Gasteiger partial charge in [0.05, 0.1) is 0 Å². The molecule has 0 heterocycles. The van der Waals surface area contributed by atoms with E-state index >= 15 is 0 Å². The minimum absolute atomic E-state index is 0.120. The fourth-order valence-corrected chi connectivity index (χ4v) is 5.81. The smallest absolute Gasteiger partial charge is 0.387 e. The average molecular weight is 364 g/mol. The summed E-state index contributed by atoms with van der Waals surface area (Å²) in [6.45, 7) is -1.69. The van der Waals surface area contributed by atoms with Crippen LogP contribution < -0.4 is 15.4 Å². The van der Waals surface area contributed by atoms with Crippen molar-refractivity contribution < 1.29 is 18.3 Å². The maximum absolute atomic E-state index is 12.2. The molecular weight excluding hydrogens is 338 g/mol. The minimum atomic E-state index is -2.82. The third kappa shape index (κ3) is 3.94. The predicted octanol–water partition coefficient (Wildman–Crippen LogP) is 4.30. The number of carbonyl (C=O) groups is 1. The molecule has 0 aromatic heterocycles. The van der Waals surface area contributed by atoms with Crippen LogP contribution in [0, 0.1) is 23.2 Å². The highest BCUT2D eigenvalue weighted by Crippen LogP contribution is 2.59. The lowest BCUT2D eigenvalue weighted by Gasteiger charge is -2.56. The molecular formula is C20H26F2N2O2. The van der Waals surface area contributed by atoms with Crippen LogP contribution in [-0.4, -0.2) is 19.2 Å². The second kappa shape index (κ2) is 7.05. The number of benzene rings is 1. The van der Waals surface area contributed by atoms with Gasteiger partial charge < -0.3 is 15.4 Å². The maximum Gasteiger partial charge on any atom is 0.387 e. The van der Waals surface area contributed by atoms with Crippen molar-refractivity contribution in [2.45, 2.75) is 51.7 Å². The van der Waals surface area contributed by atoms with Gasteiger partial charge in [0.25, 0.3) is 0 Å². The van der Waals surface area contributed by atoms with Gasteiger partial charge >= 0.3 is 12.6 Å².